The van der Waals surface area contributed by atoms with Crippen LogP contribution in [0.4, 0.5) is 0 Å². The first-order chi connectivity index (χ1) is 10.4. The summed E-state index contributed by atoms with van der Waals surface area (Å²) in [6.45, 7) is 1.71. The lowest BCUT2D eigenvalue weighted by molar-refractivity contribution is 0.183. The van der Waals surface area contributed by atoms with Gasteiger partial charge in [-0.25, -0.2) is 0 Å². The van der Waals surface area contributed by atoms with E-state index in [4.69, 9.17) is 5.73 Å². The highest BCUT2D eigenvalue weighted by atomic mass is 15.2. The molecule has 0 bridgehead atoms. The fourth-order valence-corrected chi connectivity index (χ4v) is 3.13. The van der Waals surface area contributed by atoms with Crippen molar-refractivity contribution < 1.29 is 0 Å². The lowest BCUT2D eigenvalue weighted by atomic mass is 9.94. The first-order valence-corrected chi connectivity index (χ1v) is 7.62. The fraction of sp³-hybridized carbons (Fsp3) is 0.263. The summed E-state index contributed by atoms with van der Waals surface area (Å²) in [6.07, 6.45) is 5.59. The summed E-state index contributed by atoms with van der Waals surface area (Å²) in [7, 11) is 0. The molecule has 2 aromatic carbocycles. The Hall–Kier alpha value is -1.90. The quantitative estimate of drug-likeness (QED) is 0.869. The Morgan fingerprint density at radius 1 is 0.952 bits per heavy atom. The highest BCUT2D eigenvalue weighted by Crippen LogP contribution is 2.31. The van der Waals surface area contributed by atoms with E-state index in [1.165, 1.54) is 11.1 Å². The van der Waals surface area contributed by atoms with Gasteiger partial charge in [0.15, 0.2) is 0 Å². The molecule has 2 aromatic rings. The van der Waals surface area contributed by atoms with E-state index in [1.807, 2.05) is 0 Å². The first kappa shape index (κ1) is 14.1. The van der Waals surface area contributed by atoms with Crippen LogP contribution in [-0.2, 0) is 0 Å². The molecule has 0 amide bonds. The Morgan fingerprint density at radius 3 is 2.05 bits per heavy atom. The zero-order valence-corrected chi connectivity index (χ0v) is 12.2. The highest BCUT2D eigenvalue weighted by molar-refractivity contribution is 5.32. The van der Waals surface area contributed by atoms with Crippen molar-refractivity contribution in [2.24, 2.45) is 5.73 Å². The largest absolute Gasteiger partial charge is 0.329 e. The molecule has 0 fully saturated rings. The van der Waals surface area contributed by atoms with Crippen molar-refractivity contribution in [1.82, 2.24) is 4.90 Å². The number of nitrogens with two attached hydrogens (primary N) is 1. The smallest absolute Gasteiger partial charge is 0.0607 e. The van der Waals surface area contributed by atoms with Crippen LogP contribution < -0.4 is 5.73 Å². The third-order valence-corrected chi connectivity index (χ3v) is 4.14. The van der Waals surface area contributed by atoms with Gasteiger partial charge in [-0.15, -0.1) is 0 Å². The molecule has 2 heteroatoms. The Balaban J connectivity index is 2.02. The average molecular weight is 278 g/mol. The summed E-state index contributed by atoms with van der Waals surface area (Å²) in [4.78, 5) is 2.52. The van der Waals surface area contributed by atoms with Gasteiger partial charge in [0.05, 0.1) is 6.04 Å². The zero-order valence-electron chi connectivity index (χ0n) is 12.2. The summed E-state index contributed by atoms with van der Waals surface area (Å²) in [5.41, 5.74) is 8.66. The number of rotatable bonds is 4. The summed E-state index contributed by atoms with van der Waals surface area (Å²) >= 11 is 0. The summed E-state index contributed by atoms with van der Waals surface area (Å²) in [5.74, 6) is 0. The van der Waals surface area contributed by atoms with Crippen LogP contribution in [0.1, 0.15) is 23.6 Å². The second-order valence-electron chi connectivity index (χ2n) is 5.48. The third-order valence-electron chi connectivity index (χ3n) is 4.14. The SMILES string of the molecule is NCC1C=CCCN1C(c1ccccc1)c1ccccc1. The molecule has 1 aliphatic heterocycles. The fourth-order valence-electron chi connectivity index (χ4n) is 3.13. The highest BCUT2D eigenvalue weighted by Gasteiger charge is 2.27. The Kier molecular flexibility index (Phi) is 4.49. The van der Waals surface area contributed by atoms with Gasteiger partial charge in [0.25, 0.3) is 0 Å². The predicted octanol–water partition coefficient (Wildman–Crippen LogP) is 3.37. The van der Waals surface area contributed by atoms with E-state index in [0.717, 1.165) is 13.0 Å². The maximum Gasteiger partial charge on any atom is 0.0607 e. The maximum atomic E-state index is 5.99. The topological polar surface area (TPSA) is 29.3 Å². The van der Waals surface area contributed by atoms with Crippen LogP contribution >= 0.6 is 0 Å². The summed E-state index contributed by atoms with van der Waals surface area (Å²) < 4.78 is 0. The average Bonchev–Trinajstić information content (AvgIpc) is 2.58. The number of nitrogens with zero attached hydrogens (tertiary/aromatic N) is 1. The van der Waals surface area contributed by atoms with E-state index in [9.17, 15) is 0 Å². The van der Waals surface area contributed by atoms with Crippen molar-refractivity contribution in [2.75, 3.05) is 13.1 Å². The van der Waals surface area contributed by atoms with Crippen molar-refractivity contribution >= 4 is 0 Å². The molecular weight excluding hydrogens is 256 g/mol. The predicted molar refractivity (Wildman–Crippen MR) is 88.0 cm³/mol. The molecule has 3 rings (SSSR count). The van der Waals surface area contributed by atoms with E-state index >= 15 is 0 Å². The van der Waals surface area contributed by atoms with E-state index in [0.29, 0.717) is 12.6 Å². The van der Waals surface area contributed by atoms with Crippen LogP contribution in [0.2, 0.25) is 0 Å². The van der Waals surface area contributed by atoms with Gasteiger partial charge in [-0.2, -0.15) is 0 Å². The van der Waals surface area contributed by atoms with E-state index < -0.39 is 0 Å². The second-order valence-corrected chi connectivity index (χ2v) is 5.48. The molecule has 0 saturated carbocycles. The van der Waals surface area contributed by atoms with Crippen LogP contribution in [0.5, 0.6) is 0 Å². The van der Waals surface area contributed by atoms with Gasteiger partial charge >= 0.3 is 0 Å². The number of hydrogen-bond acceptors (Lipinski definition) is 2. The molecule has 0 radical (unpaired) electrons. The molecule has 0 saturated heterocycles. The van der Waals surface area contributed by atoms with Crippen molar-refractivity contribution in [3.8, 4) is 0 Å². The van der Waals surface area contributed by atoms with E-state index in [-0.39, 0.29) is 6.04 Å². The Bertz CT molecular complexity index is 538. The Labute approximate surface area is 126 Å². The number of hydrogen-bond donors (Lipinski definition) is 1. The van der Waals surface area contributed by atoms with E-state index in [1.54, 1.807) is 0 Å². The lowest BCUT2D eigenvalue weighted by Gasteiger charge is -2.39. The maximum absolute atomic E-state index is 5.99. The monoisotopic (exact) mass is 278 g/mol. The minimum Gasteiger partial charge on any atom is -0.329 e. The van der Waals surface area contributed by atoms with Crippen LogP contribution in [-0.4, -0.2) is 24.0 Å². The van der Waals surface area contributed by atoms with Crippen molar-refractivity contribution in [1.29, 1.82) is 0 Å². The molecule has 1 unspecified atom stereocenters. The molecule has 1 heterocycles. The Morgan fingerprint density at radius 2 is 1.52 bits per heavy atom. The van der Waals surface area contributed by atoms with Crippen molar-refractivity contribution in [3.63, 3.8) is 0 Å². The van der Waals surface area contributed by atoms with Crippen LogP contribution in [0.3, 0.4) is 0 Å². The number of benzene rings is 2. The molecular formula is C19H22N2. The second kappa shape index (κ2) is 6.70. The van der Waals surface area contributed by atoms with E-state index in [2.05, 4.69) is 77.7 Å². The zero-order chi connectivity index (χ0) is 14.5. The molecule has 1 atom stereocenters. The minimum atomic E-state index is 0.269. The van der Waals surface area contributed by atoms with Gasteiger partial charge in [0, 0.05) is 19.1 Å². The van der Waals surface area contributed by atoms with Gasteiger partial charge < -0.3 is 5.73 Å². The normalized spacial score (nSPS) is 19.0. The van der Waals surface area contributed by atoms with Gasteiger partial charge in [-0.3, -0.25) is 4.90 Å². The first-order valence-electron chi connectivity index (χ1n) is 7.62. The van der Waals surface area contributed by atoms with Gasteiger partial charge in [-0.05, 0) is 17.5 Å². The summed E-state index contributed by atoms with van der Waals surface area (Å²) in [6, 6.07) is 22.0. The molecule has 1 aliphatic rings. The third kappa shape index (κ3) is 3.07. The van der Waals surface area contributed by atoms with Gasteiger partial charge in [-0.1, -0.05) is 72.8 Å². The van der Waals surface area contributed by atoms with Crippen LogP contribution in [0.25, 0.3) is 0 Å². The minimum absolute atomic E-state index is 0.269. The van der Waals surface area contributed by atoms with Gasteiger partial charge in [0.1, 0.15) is 0 Å². The molecule has 0 aromatic heterocycles. The molecule has 2 N–H and O–H groups in total. The molecule has 21 heavy (non-hydrogen) atoms. The van der Waals surface area contributed by atoms with Crippen molar-refractivity contribution in [3.05, 3.63) is 83.9 Å². The molecule has 108 valence electrons. The van der Waals surface area contributed by atoms with Gasteiger partial charge in [0.2, 0.25) is 0 Å². The molecule has 2 nitrogen and oxygen atoms in total. The van der Waals surface area contributed by atoms with Crippen LogP contribution in [0.15, 0.2) is 72.8 Å². The van der Waals surface area contributed by atoms with Crippen molar-refractivity contribution in [2.45, 2.75) is 18.5 Å². The molecule has 0 spiro atoms. The summed E-state index contributed by atoms with van der Waals surface area (Å²) in [5, 5.41) is 0. The molecule has 0 aliphatic carbocycles. The van der Waals surface area contributed by atoms with Crippen LogP contribution in [0, 0.1) is 0 Å². The standard InChI is InChI=1S/C19H22N2/c20-15-18-13-7-8-14-21(18)19(16-9-3-1-4-10-16)17-11-5-2-6-12-17/h1-7,9-13,18-19H,8,14-15,20H2. The lowest BCUT2D eigenvalue weighted by Crippen LogP contribution is -2.44.